The first kappa shape index (κ1) is 54.9. The Morgan fingerprint density at radius 3 is 0.722 bits per heavy atom. The van der Waals surface area contributed by atoms with Crippen LogP contribution in [0.3, 0.4) is 0 Å². The first-order valence-electron chi connectivity index (χ1n) is 1.83. The van der Waals surface area contributed by atoms with Gasteiger partial charge in [0.05, 0.1) is 10.2 Å². The second kappa shape index (κ2) is 77.4. The summed E-state index contributed by atoms with van der Waals surface area (Å²) < 4.78 is 0. The van der Waals surface area contributed by atoms with Gasteiger partial charge in [-0.1, -0.05) is 0 Å². The minimum atomic E-state index is -1.75. The summed E-state index contributed by atoms with van der Waals surface area (Å²) in [5.41, 5.74) is 0. The van der Waals surface area contributed by atoms with E-state index in [2.05, 4.69) is 0 Å². The number of nitrogens with zero attached hydrogens (tertiary/aromatic N) is 4. The molecule has 118 valence electrons. The topological polar surface area (TPSA) is 307 Å². The standard InChI is InChI=1S/2NO3.2HNO2.2H3N.Pd.Pt/c2*2-1(3)4;2*2-1-3;;;;/h;;2*(H,2,3);2*1H3;;/q2*-1;;;;;+2;/p-2. The third-order valence-electron chi connectivity index (χ3n) is 0. The summed E-state index contributed by atoms with van der Waals surface area (Å²) in [5.74, 6) is 0. The van der Waals surface area contributed by atoms with Crippen molar-refractivity contribution in [1.29, 1.82) is 0 Å². The van der Waals surface area contributed by atoms with Crippen molar-refractivity contribution < 1.29 is 51.7 Å². The molecule has 0 saturated heterocycles. The van der Waals surface area contributed by atoms with Crippen LogP contribution in [0.25, 0.3) is 0 Å². The summed E-state index contributed by atoms with van der Waals surface area (Å²) >= 11 is 0. The van der Waals surface area contributed by atoms with Gasteiger partial charge in [-0.05, 0) is 0 Å². The van der Waals surface area contributed by atoms with Gasteiger partial charge in [0, 0.05) is 21.1 Å². The van der Waals surface area contributed by atoms with Gasteiger partial charge in [-0.2, -0.15) is 0 Å². The molecule has 0 heterocycles. The largest absolute Gasteiger partial charge is 2.00 e. The van der Waals surface area contributed by atoms with Crippen molar-refractivity contribution in [1.82, 2.24) is 12.3 Å². The minimum Gasteiger partial charge on any atom is -0.444 e. The third kappa shape index (κ3) is 1120. The molecule has 16 nitrogen and oxygen atoms in total. The molecule has 0 radical (unpaired) electrons. The second-order valence-corrected chi connectivity index (χ2v) is 0.596. The molecule has 18 heavy (non-hydrogen) atoms. The van der Waals surface area contributed by atoms with Gasteiger partial charge >= 0.3 is 20.4 Å². The molecule has 6 N–H and O–H groups in total. The molecule has 0 aromatic heterocycles. The summed E-state index contributed by atoms with van der Waals surface area (Å²) in [4.78, 5) is 32.5. The summed E-state index contributed by atoms with van der Waals surface area (Å²) in [5, 5.41) is 47.5. The molecule has 0 unspecified atom stereocenters. The van der Waals surface area contributed by atoms with Crippen molar-refractivity contribution in [3.63, 3.8) is 0 Å². The number of rotatable bonds is 0. The summed E-state index contributed by atoms with van der Waals surface area (Å²) in [7, 11) is 0. The van der Waals surface area contributed by atoms with E-state index in [1.165, 1.54) is 0 Å². The van der Waals surface area contributed by atoms with E-state index in [1.807, 2.05) is 0 Å². The molecule has 0 aliphatic carbocycles. The monoisotopic (exact) mass is 551 g/mol. The first-order valence-corrected chi connectivity index (χ1v) is 1.83. The smallest absolute Gasteiger partial charge is 0.444 e. The quantitative estimate of drug-likeness (QED) is 0.178. The molecular weight excluding hydrogens is 546 g/mol. The molecule has 18 heteroatoms. The molecule has 0 rings (SSSR count). The van der Waals surface area contributed by atoms with Crippen LogP contribution in [-0.4, -0.2) is 10.2 Å². The Labute approximate surface area is 126 Å². The maximum absolute atomic E-state index is 8.25. The van der Waals surface area contributed by atoms with Crippen molar-refractivity contribution in [2.24, 2.45) is 10.7 Å². The van der Waals surface area contributed by atoms with E-state index in [-0.39, 0.29) is 53.8 Å². The number of hydrogen-bond donors (Lipinski definition) is 2. The molecular formula is H6N6O10PdPt-2. The van der Waals surface area contributed by atoms with Crippen LogP contribution in [0.1, 0.15) is 0 Å². The molecule has 0 bridgehead atoms. The molecule has 0 aromatic carbocycles. The predicted octanol–water partition coefficient (Wildman–Crippen LogP) is 0.342. The van der Waals surface area contributed by atoms with Crippen LogP contribution in [-0.2, 0) is 41.5 Å². The van der Waals surface area contributed by atoms with E-state index in [0.717, 1.165) is 10.7 Å². The summed E-state index contributed by atoms with van der Waals surface area (Å²) in [6.07, 6.45) is 0. The molecule has 0 aliphatic heterocycles. The van der Waals surface area contributed by atoms with Crippen LogP contribution < -0.4 is 12.3 Å². The zero-order valence-corrected chi connectivity index (χ0v) is 11.7. The van der Waals surface area contributed by atoms with Gasteiger partial charge in [-0.15, -0.1) is 10.7 Å². The Balaban J connectivity index is -0.0000000116. The predicted molar refractivity (Wildman–Crippen MR) is 49.1 cm³/mol. The zero-order valence-electron chi connectivity index (χ0n) is 7.92. The maximum Gasteiger partial charge on any atom is 2.00 e. The van der Waals surface area contributed by atoms with Crippen LogP contribution in [0.4, 0.5) is 0 Å². The molecule has 0 aliphatic rings. The summed E-state index contributed by atoms with van der Waals surface area (Å²) in [6, 6.07) is 0. The van der Waals surface area contributed by atoms with Crippen LogP contribution in [0, 0.1) is 50.9 Å². The van der Waals surface area contributed by atoms with E-state index < -0.39 is 10.2 Å². The Kier molecular flexibility index (Phi) is 236. The average Bonchev–Trinajstić information content (AvgIpc) is 1.85. The van der Waals surface area contributed by atoms with Crippen molar-refractivity contribution in [2.45, 2.75) is 0 Å². The third-order valence-corrected chi connectivity index (χ3v) is 0. The van der Waals surface area contributed by atoms with Crippen LogP contribution in [0.2, 0.25) is 0 Å². The maximum atomic E-state index is 8.25. The van der Waals surface area contributed by atoms with Gasteiger partial charge in [-0.25, -0.2) is 0 Å². The van der Waals surface area contributed by atoms with Crippen molar-refractivity contribution in [2.75, 3.05) is 0 Å². The van der Waals surface area contributed by atoms with Crippen molar-refractivity contribution >= 4 is 0 Å². The van der Waals surface area contributed by atoms with E-state index in [1.54, 1.807) is 0 Å². The van der Waals surface area contributed by atoms with Gasteiger partial charge < -0.3 is 63.2 Å². The number of hydrogen-bond acceptors (Lipinski definition) is 14. The summed E-state index contributed by atoms with van der Waals surface area (Å²) in [6.45, 7) is 0. The molecule has 0 aromatic rings. The fourth-order valence-electron chi connectivity index (χ4n) is 0. The molecule has 0 spiro atoms. The first-order chi connectivity index (χ1) is 6.29. The molecule has 0 fully saturated rings. The molecule has 0 saturated carbocycles. The normalized spacial score (nSPS) is 4.00. The van der Waals surface area contributed by atoms with Gasteiger partial charge in [0.25, 0.3) is 0 Å². The van der Waals surface area contributed by atoms with Gasteiger partial charge in [0.1, 0.15) is 0 Å². The average molecular weight is 552 g/mol. The van der Waals surface area contributed by atoms with Crippen molar-refractivity contribution in [3.8, 4) is 0 Å². The Bertz CT molecular complexity index is 138. The van der Waals surface area contributed by atoms with E-state index >= 15 is 0 Å². The second-order valence-electron chi connectivity index (χ2n) is 0.596. The van der Waals surface area contributed by atoms with Gasteiger partial charge in [-0.3, -0.25) is 0 Å². The van der Waals surface area contributed by atoms with Crippen LogP contribution >= 0.6 is 0 Å². The Morgan fingerprint density at radius 2 is 0.722 bits per heavy atom. The van der Waals surface area contributed by atoms with E-state index in [0.29, 0.717) is 0 Å². The van der Waals surface area contributed by atoms with E-state index in [9.17, 15) is 0 Å². The van der Waals surface area contributed by atoms with Gasteiger partial charge in [0.2, 0.25) is 0 Å². The van der Waals surface area contributed by atoms with Crippen LogP contribution in [0.15, 0.2) is 10.7 Å². The van der Waals surface area contributed by atoms with Crippen LogP contribution in [0.5, 0.6) is 0 Å². The van der Waals surface area contributed by atoms with Gasteiger partial charge in [0.15, 0.2) is 0 Å². The van der Waals surface area contributed by atoms with Crippen molar-refractivity contribution in [3.05, 3.63) is 50.9 Å². The van der Waals surface area contributed by atoms with E-state index in [4.69, 9.17) is 50.9 Å². The zero-order chi connectivity index (χ0) is 12.6. The fraction of sp³-hybridized carbons (Fsp3) is 0. The Hall–Kier alpha value is -1.53. The molecule has 0 atom stereocenters. The fourth-order valence-corrected chi connectivity index (χ4v) is 0. The minimum absolute atomic E-state index is 0. The Morgan fingerprint density at radius 1 is 0.722 bits per heavy atom. The molecule has 0 amide bonds. The SMILES string of the molecule is N.N.O=N[O-].O=N[O-].O=[N+]([O-])[O-].O=[N+]([O-])[O-].[Pd+2].[Pt].